The van der Waals surface area contributed by atoms with E-state index in [-0.39, 0.29) is 6.10 Å². The molecule has 2 fully saturated rings. The Bertz CT molecular complexity index is 457. The fourth-order valence-electron chi connectivity index (χ4n) is 3.97. The van der Waals surface area contributed by atoms with E-state index < -0.39 is 0 Å². The van der Waals surface area contributed by atoms with E-state index in [1.807, 2.05) is 0 Å². The lowest BCUT2D eigenvalue weighted by atomic mass is 9.82. The van der Waals surface area contributed by atoms with Crippen LogP contribution in [-0.2, 0) is 11.2 Å². The van der Waals surface area contributed by atoms with Gasteiger partial charge in [-0.25, -0.2) is 0 Å². The highest BCUT2D eigenvalue weighted by Crippen LogP contribution is 2.41. The van der Waals surface area contributed by atoms with Crippen LogP contribution in [0.25, 0.3) is 0 Å². The number of fused-ring (bicyclic) bond motifs is 2. The monoisotopic (exact) mass is 260 g/mol. The van der Waals surface area contributed by atoms with Crippen molar-refractivity contribution in [1.82, 2.24) is 0 Å². The molecule has 2 nitrogen and oxygen atoms in total. The summed E-state index contributed by atoms with van der Waals surface area (Å²) in [5, 5.41) is 10.6. The number of aliphatic hydroxyl groups excluding tert-OH is 1. The smallest absolute Gasteiger partial charge is 0.0634 e. The molecular weight excluding hydrogens is 236 g/mol. The zero-order chi connectivity index (χ0) is 13.6. The van der Waals surface area contributed by atoms with E-state index in [0.29, 0.717) is 18.1 Å². The van der Waals surface area contributed by atoms with E-state index in [2.05, 4.69) is 32.9 Å². The van der Waals surface area contributed by atoms with Crippen LogP contribution >= 0.6 is 0 Å². The third kappa shape index (κ3) is 2.44. The third-order valence-corrected chi connectivity index (χ3v) is 4.90. The molecule has 1 N–H and O–H groups in total. The van der Waals surface area contributed by atoms with Gasteiger partial charge in [0.05, 0.1) is 18.3 Å². The van der Waals surface area contributed by atoms with Crippen LogP contribution in [0.1, 0.15) is 41.5 Å². The van der Waals surface area contributed by atoms with Crippen molar-refractivity contribution < 1.29 is 9.84 Å². The number of benzene rings is 1. The number of hydrogen-bond donors (Lipinski definition) is 1. The zero-order valence-electron chi connectivity index (χ0n) is 12.1. The van der Waals surface area contributed by atoms with E-state index in [9.17, 15) is 5.11 Å². The van der Waals surface area contributed by atoms with Crippen molar-refractivity contribution in [2.24, 2.45) is 5.92 Å². The van der Waals surface area contributed by atoms with Gasteiger partial charge in [-0.05, 0) is 63.1 Å². The van der Waals surface area contributed by atoms with Crippen LogP contribution in [0.15, 0.2) is 12.1 Å². The second-order valence-electron chi connectivity index (χ2n) is 6.42. The normalized spacial score (nSPS) is 30.8. The quantitative estimate of drug-likeness (QED) is 0.905. The predicted molar refractivity (Wildman–Crippen MR) is 76.4 cm³/mol. The van der Waals surface area contributed by atoms with E-state index in [0.717, 1.165) is 19.3 Å². The molecule has 1 aromatic carbocycles. The summed E-state index contributed by atoms with van der Waals surface area (Å²) >= 11 is 0. The molecular formula is C17H24O2. The fourth-order valence-corrected chi connectivity index (χ4v) is 3.97. The van der Waals surface area contributed by atoms with Crippen molar-refractivity contribution in [2.45, 2.75) is 64.8 Å². The summed E-state index contributed by atoms with van der Waals surface area (Å²) in [6.07, 6.45) is 4.63. The molecule has 2 bridgehead atoms. The molecule has 0 aliphatic carbocycles. The van der Waals surface area contributed by atoms with Gasteiger partial charge in [-0.2, -0.15) is 0 Å². The van der Waals surface area contributed by atoms with E-state index in [4.69, 9.17) is 4.74 Å². The van der Waals surface area contributed by atoms with Gasteiger partial charge in [-0.3, -0.25) is 0 Å². The number of hydrogen-bond acceptors (Lipinski definition) is 2. The lowest BCUT2D eigenvalue weighted by Gasteiger charge is -2.25. The minimum Gasteiger partial charge on any atom is -0.392 e. The summed E-state index contributed by atoms with van der Waals surface area (Å²) in [6, 6.07) is 4.43. The van der Waals surface area contributed by atoms with Gasteiger partial charge in [0.25, 0.3) is 0 Å². The molecule has 0 spiro atoms. The SMILES string of the molecule is Cc1cc(C)c(CC(O)C2CC3CCC2O3)c(C)c1. The van der Waals surface area contributed by atoms with Crippen molar-refractivity contribution in [1.29, 1.82) is 0 Å². The number of aryl methyl sites for hydroxylation is 3. The predicted octanol–water partition coefficient (Wildman–Crippen LogP) is 3.08. The van der Waals surface area contributed by atoms with Gasteiger partial charge >= 0.3 is 0 Å². The minimum absolute atomic E-state index is 0.254. The molecule has 3 rings (SSSR count). The highest BCUT2D eigenvalue weighted by atomic mass is 16.5. The summed E-state index contributed by atoms with van der Waals surface area (Å²) in [7, 11) is 0. The van der Waals surface area contributed by atoms with Gasteiger partial charge in [0.1, 0.15) is 0 Å². The minimum atomic E-state index is -0.254. The molecule has 0 amide bonds. The summed E-state index contributed by atoms with van der Waals surface area (Å²) in [5.41, 5.74) is 5.23. The average molecular weight is 260 g/mol. The first-order valence-electron chi connectivity index (χ1n) is 7.45. The van der Waals surface area contributed by atoms with Gasteiger partial charge in [0.2, 0.25) is 0 Å². The molecule has 2 heteroatoms. The molecule has 0 aromatic heterocycles. The zero-order valence-corrected chi connectivity index (χ0v) is 12.1. The first-order chi connectivity index (χ1) is 9.04. The Balaban J connectivity index is 1.75. The highest BCUT2D eigenvalue weighted by molar-refractivity contribution is 5.38. The van der Waals surface area contributed by atoms with Crippen molar-refractivity contribution in [3.8, 4) is 0 Å². The van der Waals surface area contributed by atoms with E-state index in [1.54, 1.807) is 0 Å². The molecule has 0 radical (unpaired) electrons. The van der Waals surface area contributed by atoms with Crippen molar-refractivity contribution in [3.63, 3.8) is 0 Å². The summed E-state index contributed by atoms with van der Waals surface area (Å²) in [4.78, 5) is 0. The molecule has 2 aliphatic rings. The van der Waals surface area contributed by atoms with Crippen molar-refractivity contribution in [2.75, 3.05) is 0 Å². The lowest BCUT2D eigenvalue weighted by Crippen LogP contribution is -2.31. The lowest BCUT2D eigenvalue weighted by molar-refractivity contribution is 0.0430. The first-order valence-corrected chi connectivity index (χ1v) is 7.45. The molecule has 4 unspecified atom stereocenters. The Morgan fingerprint density at radius 3 is 2.42 bits per heavy atom. The Kier molecular flexibility index (Phi) is 3.40. The Morgan fingerprint density at radius 1 is 1.21 bits per heavy atom. The molecule has 19 heavy (non-hydrogen) atoms. The molecule has 0 saturated carbocycles. The topological polar surface area (TPSA) is 29.5 Å². The molecule has 1 aromatic rings. The van der Waals surface area contributed by atoms with Crippen molar-refractivity contribution in [3.05, 3.63) is 34.4 Å². The number of ether oxygens (including phenoxy) is 1. The van der Waals surface area contributed by atoms with Crippen LogP contribution in [0.4, 0.5) is 0 Å². The number of aliphatic hydroxyl groups is 1. The van der Waals surface area contributed by atoms with Crippen molar-refractivity contribution >= 4 is 0 Å². The van der Waals surface area contributed by atoms with Crippen LogP contribution in [0.2, 0.25) is 0 Å². The van der Waals surface area contributed by atoms with E-state index >= 15 is 0 Å². The Labute approximate surface area is 115 Å². The molecule has 2 aliphatic heterocycles. The molecule has 2 saturated heterocycles. The second kappa shape index (κ2) is 4.92. The average Bonchev–Trinajstić information content (AvgIpc) is 2.95. The van der Waals surface area contributed by atoms with Gasteiger partial charge < -0.3 is 9.84 Å². The highest BCUT2D eigenvalue weighted by Gasteiger charge is 2.43. The molecule has 2 heterocycles. The molecule has 104 valence electrons. The molecule has 4 atom stereocenters. The standard InChI is InChI=1S/C17H24O2/c1-10-6-11(2)14(12(3)7-10)9-16(18)15-8-13-4-5-17(15)19-13/h6-7,13,15-18H,4-5,8-9H2,1-3H3. The van der Waals surface area contributed by atoms with Crippen LogP contribution in [0.3, 0.4) is 0 Å². The van der Waals surface area contributed by atoms with Gasteiger partial charge in [-0.15, -0.1) is 0 Å². The largest absolute Gasteiger partial charge is 0.392 e. The summed E-state index contributed by atoms with van der Waals surface area (Å²) in [5.74, 6) is 0.346. The summed E-state index contributed by atoms with van der Waals surface area (Å²) < 4.78 is 5.86. The van der Waals surface area contributed by atoms with Gasteiger partial charge in [0, 0.05) is 5.92 Å². The second-order valence-corrected chi connectivity index (χ2v) is 6.42. The third-order valence-electron chi connectivity index (χ3n) is 4.90. The Morgan fingerprint density at radius 2 is 1.89 bits per heavy atom. The van der Waals surface area contributed by atoms with Crippen LogP contribution in [0, 0.1) is 26.7 Å². The fraction of sp³-hybridized carbons (Fsp3) is 0.647. The van der Waals surface area contributed by atoms with E-state index in [1.165, 1.54) is 28.7 Å². The first kappa shape index (κ1) is 13.1. The summed E-state index contributed by atoms with van der Waals surface area (Å²) in [6.45, 7) is 6.43. The Hall–Kier alpha value is -0.860. The van der Waals surface area contributed by atoms with Crippen LogP contribution < -0.4 is 0 Å². The maximum absolute atomic E-state index is 10.6. The van der Waals surface area contributed by atoms with Gasteiger partial charge in [0.15, 0.2) is 0 Å². The maximum atomic E-state index is 10.6. The van der Waals surface area contributed by atoms with Crippen LogP contribution in [-0.4, -0.2) is 23.4 Å². The van der Waals surface area contributed by atoms with Gasteiger partial charge in [-0.1, -0.05) is 17.7 Å². The number of rotatable bonds is 3. The van der Waals surface area contributed by atoms with Crippen LogP contribution in [0.5, 0.6) is 0 Å². The maximum Gasteiger partial charge on any atom is 0.0634 e.